The first kappa shape index (κ1) is 14.8. The van der Waals surface area contributed by atoms with Gasteiger partial charge in [-0.2, -0.15) is 0 Å². The second-order valence-corrected chi connectivity index (χ2v) is 6.04. The van der Waals surface area contributed by atoms with E-state index in [1.165, 1.54) is 17.7 Å². The third-order valence-corrected chi connectivity index (χ3v) is 4.32. The molecule has 0 unspecified atom stereocenters. The molecule has 114 valence electrons. The molecule has 1 aliphatic rings. The van der Waals surface area contributed by atoms with Gasteiger partial charge in [-0.3, -0.25) is 4.79 Å². The van der Waals surface area contributed by atoms with Crippen LogP contribution in [0.5, 0.6) is 0 Å². The molecule has 0 bridgehead atoms. The minimum absolute atomic E-state index is 0.176. The summed E-state index contributed by atoms with van der Waals surface area (Å²) < 4.78 is 13.0. The number of rotatable bonds is 3. The standard InChI is InChI=1S/C19H20FNO/c1-14-3-2-4-15(11-14)12-19(22)21-10-9-17(13-21)16-5-7-18(20)8-6-16/h2-8,11,17H,9-10,12-13H2,1H3/t17-/m1/s1. The quantitative estimate of drug-likeness (QED) is 0.846. The smallest absolute Gasteiger partial charge is 0.227 e. The third kappa shape index (κ3) is 3.35. The molecule has 0 aromatic heterocycles. The summed E-state index contributed by atoms with van der Waals surface area (Å²) in [4.78, 5) is 14.3. The number of nitrogens with zero attached hydrogens (tertiary/aromatic N) is 1. The summed E-state index contributed by atoms with van der Waals surface area (Å²) in [6, 6.07) is 14.7. The van der Waals surface area contributed by atoms with E-state index in [-0.39, 0.29) is 11.7 Å². The zero-order valence-electron chi connectivity index (χ0n) is 12.8. The van der Waals surface area contributed by atoms with Crippen molar-refractivity contribution in [1.29, 1.82) is 0 Å². The molecule has 2 nitrogen and oxygen atoms in total. The van der Waals surface area contributed by atoms with Crippen LogP contribution in [0.4, 0.5) is 4.39 Å². The van der Waals surface area contributed by atoms with Crippen LogP contribution in [0.2, 0.25) is 0 Å². The first-order valence-electron chi connectivity index (χ1n) is 7.70. The minimum Gasteiger partial charge on any atom is -0.342 e. The molecule has 1 fully saturated rings. The number of benzene rings is 2. The van der Waals surface area contributed by atoms with E-state index in [0.29, 0.717) is 12.3 Å². The van der Waals surface area contributed by atoms with Gasteiger partial charge >= 0.3 is 0 Å². The van der Waals surface area contributed by atoms with Crippen LogP contribution >= 0.6 is 0 Å². The first-order valence-corrected chi connectivity index (χ1v) is 7.70. The highest BCUT2D eigenvalue weighted by molar-refractivity contribution is 5.79. The van der Waals surface area contributed by atoms with E-state index in [2.05, 4.69) is 6.07 Å². The molecule has 1 saturated heterocycles. The molecule has 3 rings (SSSR count). The zero-order chi connectivity index (χ0) is 15.5. The zero-order valence-corrected chi connectivity index (χ0v) is 12.8. The molecule has 3 heteroatoms. The second-order valence-electron chi connectivity index (χ2n) is 6.04. The number of carbonyl (C=O) groups excluding carboxylic acids is 1. The average molecular weight is 297 g/mol. The Labute approximate surface area is 130 Å². The largest absolute Gasteiger partial charge is 0.342 e. The Kier molecular flexibility index (Phi) is 4.23. The first-order chi connectivity index (χ1) is 10.6. The third-order valence-electron chi connectivity index (χ3n) is 4.32. The van der Waals surface area contributed by atoms with E-state index >= 15 is 0 Å². The van der Waals surface area contributed by atoms with Crippen LogP contribution in [0.3, 0.4) is 0 Å². The van der Waals surface area contributed by atoms with Crippen molar-refractivity contribution < 1.29 is 9.18 Å². The molecule has 22 heavy (non-hydrogen) atoms. The van der Waals surface area contributed by atoms with Gasteiger partial charge in [0.2, 0.25) is 5.91 Å². The normalized spacial score (nSPS) is 17.7. The molecule has 1 aliphatic heterocycles. The van der Waals surface area contributed by atoms with Crippen LogP contribution in [0.15, 0.2) is 48.5 Å². The number of aryl methyl sites for hydroxylation is 1. The number of hydrogen-bond donors (Lipinski definition) is 0. The highest BCUT2D eigenvalue weighted by Gasteiger charge is 2.27. The molecule has 0 spiro atoms. The van der Waals surface area contributed by atoms with Gasteiger partial charge in [0.05, 0.1) is 6.42 Å². The molecule has 0 saturated carbocycles. The molecule has 2 aromatic rings. The lowest BCUT2D eigenvalue weighted by Crippen LogP contribution is -2.29. The van der Waals surface area contributed by atoms with Crippen molar-refractivity contribution >= 4 is 5.91 Å². The summed E-state index contributed by atoms with van der Waals surface area (Å²) in [6.07, 6.45) is 1.41. The van der Waals surface area contributed by atoms with Crippen molar-refractivity contribution in [3.8, 4) is 0 Å². The fourth-order valence-electron chi connectivity index (χ4n) is 3.10. The monoisotopic (exact) mass is 297 g/mol. The summed E-state index contributed by atoms with van der Waals surface area (Å²) in [5, 5.41) is 0. The Morgan fingerprint density at radius 3 is 2.73 bits per heavy atom. The van der Waals surface area contributed by atoms with E-state index in [9.17, 15) is 9.18 Å². The van der Waals surface area contributed by atoms with Gasteiger partial charge in [0.15, 0.2) is 0 Å². The molecule has 1 atom stereocenters. The molecule has 1 heterocycles. The summed E-state index contributed by atoms with van der Waals surface area (Å²) in [5.41, 5.74) is 3.36. The predicted molar refractivity (Wildman–Crippen MR) is 85.2 cm³/mol. The molecule has 2 aromatic carbocycles. The van der Waals surface area contributed by atoms with Gasteiger partial charge in [-0.15, -0.1) is 0 Å². The summed E-state index contributed by atoms with van der Waals surface area (Å²) in [5.74, 6) is 0.284. The van der Waals surface area contributed by atoms with E-state index < -0.39 is 0 Å². The van der Waals surface area contributed by atoms with E-state index in [1.807, 2.05) is 42.2 Å². The number of hydrogen-bond acceptors (Lipinski definition) is 1. The summed E-state index contributed by atoms with van der Waals surface area (Å²) in [6.45, 7) is 3.55. The van der Waals surface area contributed by atoms with Crippen molar-refractivity contribution in [2.45, 2.75) is 25.7 Å². The molecule has 0 aliphatic carbocycles. The van der Waals surface area contributed by atoms with Gasteiger partial charge in [-0.25, -0.2) is 4.39 Å². The Morgan fingerprint density at radius 1 is 1.23 bits per heavy atom. The fraction of sp³-hybridized carbons (Fsp3) is 0.316. The van der Waals surface area contributed by atoms with E-state index in [4.69, 9.17) is 0 Å². The number of carbonyl (C=O) groups is 1. The highest BCUT2D eigenvalue weighted by Crippen LogP contribution is 2.27. The molecular formula is C19H20FNO. The van der Waals surface area contributed by atoms with Crippen molar-refractivity contribution in [2.24, 2.45) is 0 Å². The van der Waals surface area contributed by atoms with Crippen LogP contribution < -0.4 is 0 Å². The maximum atomic E-state index is 13.0. The van der Waals surface area contributed by atoms with Crippen molar-refractivity contribution in [3.63, 3.8) is 0 Å². The van der Waals surface area contributed by atoms with Crippen LogP contribution in [0.1, 0.15) is 29.0 Å². The van der Waals surface area contributed by atoms with Crippen LogP contribution in [-0.2, 0) is 11.2 Å². The van der Waals surface area contributed by atoms with Gasteiger partial charge < -0.3 is 4.90 Å². The van der Waals surface area contributed by atoms with Crippen LogP contribution in [0.25, 0.3) is 0 Å². The molecular weight excluding hydrogens is 277 g/mol. The SMILES string of the molecule is Cc1cccc(CC(=O)N2CC[C@@H](c3ccc(F)cc3)C2)c1. The number of likely N-dealkylation sites (tertiary alicyclic amines) is 1. The average Bonchev–Trinajstić information content (AvgIpc) is 2.98. The highest BCUT2D eigenvalue weighted by atomic mass is 19.1. The Balaban J connectivity index is 1.62. The summed E-state index contributed by atoms with van der Waals surface area (Å²) >= 11 is 0. The van der Waals surface area contributed by atoms with E-state index in [1.54, 1.807) is 0 Å². The topological polar surface area (TPSA) is 20.3 Å². The van der Waals surface area contributed by atoms with Crippen molar-refractivity contribution in [2.75, 3.05) is 13.1 Å². The maximum absolute atomic E-state index is 13.0. The number of amides is 1. The van der Waals surface area contributed by atoms with Crippen LogP contribution in [-0.4, -0.2) is 23.9 Å². The lowest BCUT2D eigenvalue weighted by Gasteiger charge is -2.17. The van der Waals surface area contributed by atoms with Gasteiger partial charge in [0.25, 0.3) is 0 Å². The Hall–Kier alpha value is -2.16. The van der Waals surface area contributed by atoms with Crippen LogP contribution in [0, 0.1) is 12.7 Å². The number of halogens is 1. The molecule has 0 N–H and O–H groups in total. The van der Waals surface area contributed by atoms with Crippen molar-refractivity contribution in [1.82, 2.24) is 4.90 Å². The Morgan fingerprint density at radius 2 is 2.00 bits per heavy atom. The van der Waals surface area contributed by atoms with Gasteiger partial charge in [-0.1, -0.05) is 42.0 Å². The van der Waals surface area contributed by atoms with Gasteiger partial charge in [0, 0.05) is 19.0 Å². The van der Waals surface area contributed by atoms with Gasteiger partial charge in [-0.05, 0) is 36.6 Å². The predicted octanol–water partition coefficient (Wildman–Crippen LogP) is 3.69. The van der Waals surface area contributed by atoms with Crippen molar-refractivity contribution in [3.05, 3.63) is 71.0 Å². The second kappa shape index (κ2) is 6.30. The fourth-order valence-corrected chi connectivity index (χ4v) is 3.10. The van der Waals surface area contributed by atoms with E-state index in [0.717, 1.165) is 30.6 Å². The molecule has 0 radical (unpaired) electrons. The minimum atomic E-state index is -0.214. The summed E-state index contributed by atoms with van der Waals surface area (Å²) in [7, 11) is 0. The maximum Gasteiger partial charge on any atom is 0.227 e. The molecule has 1 amide bonds. The van der Waals surface area contributed by atoms with Gasteiger partial charge in [0.1, 0.15) is 5.82 Å². The Bertz CT molecular complexity index is 665. The lowest BCUT2D eigenvalue weighted by molar-refractivity contribution is -0.129. The lowest BCUT2D eigenvalue weighted by atomic mass is 9.98.